The molecule has 1 heterocycles. The Morgan fingerprint density at radius 2 is 2.14 bits per heavy atom. The number of amides is 1. The number of carbonyl (C=O) groups is 1. The van der Waals surface area contributed by atoms with Crippen LogP contribution in [0.4, 0.5) is 0 Å². The van der Waals surface area contributed by atoms with Gasteiger partial charge in [-0.1, -0.05) is 18.2 Å². The van der Waals surface area contributed by atoms with Crippen molar-refractivity contribution < 1.29 is 9.21 Å². The minimum atomic E-state index is -0.463. The lowest BCUT2D eigenvalue weighted by Crippen LogP contribution is -2.04. The summed E-state index contributed by atoms with van der Waals surface area (Å²) in [6.07, 6.45) is 4.57. The third-order valence-corrected chi connectivity index (χ3v) is 1.94. The van der Waals surface area contributed by atoms with Crippen LogP contribution in [0, 0.1) is 0 Å². The van der Waals surface area contributed by atoms with Gasteiger partial charge in [-0.25, -0.2) is 0 Å². The van der Waals surface area contributed by atoms with Crippen molar-refractivity contribution >= 4 is 23.0 Å². The van der Waals surface area contributed by atoms with Gasteiger partial charge in [0.05, 0.1) is 6.26 Å². The van der Waals surface area contributed by atoms with E-state index in [0.29, 0.717) is 0 Å². The van der Waals surface area contributed by atoms with Crippen LogP contribution in [0.5, 0.6) is 0 Å². The molecule has 0 radical (unpaired) electrons. The van der Waals surface area contributed by atoms with Gasteiger partial charge in [-0.05, 0) is 12.1 Å². The van der Waals surface area contributed by atoms with Crippen LogP contribution < -0.4 is 5.73 Å². The van der Waals surface area contributed by atoms with E-state index in [0.717, 1.165) is 16.5 Å². The number of hydrogen-bond acceptors (Lipinski definition) is 2. The summed E-state index contributed by atoms with van der Waals surface area (Å²) < 4.78 is 5.28. The Hall–Kier alpha value is -2.03. The molecule has 3 nitrogen and oxygen atoms in total. The molecule has 0 fully saturated rings. The van der Waals surface area contributed by atoms with Crippen molar-refractivity contribution in [2.75, 3.05) is 0 Å². The van der Waals surface area contributed by atoms with Gasteiger partial charge in [0.1, 0.15) is 5.58 Å². The van der Waals surface area contributed by atoms with E-state index in [1.165, 1.54) is 6.08 Å². The zero-order valence-electron chi connectivity index (χ0n) is 7.44. The molecule has 0 unspecified atom stereocenters. The van der Waals surface area contributed by atoms with E-state index >= 15 is 0 Å². The van der Waals surface area contributed by atoms with Crippen LogP contribution in [0.3, 0.4) is 0 Å². The van der Waals surface area contributed by atoms with Crippen molar-refractivity contribution in [2.24, 2.45) is 5.73 Å². The Bertz CT molecular complexity index is 497. The topological polar surface area (TPSA) is 56.2 Å². The predicted molar refractivity (Wildman–Crippen MR) is 54.4 cm³/mol. The molecule has 0 saturated carbocycles. The zero-order valence-corrected chi connectivity index (χ0v) is 7.44. The molecular formula is C11H9NO2. The molecule has 2 rings (SSSR count). The summed E-state index contributed by atoms with van der Waals surface area (Å²) in [6.45, 7) is 0. The molecule has 0 spiro atoms. The lowest BCUT2D eigenvalue weighted by atomic mass is 10.1. The first-order chi connectivity index (χ1) is 6.77. The maximum atomic E-state index is 10.5. The number of hydrogen-bond donors (Lipinski definition) is 1. The molecule has 0 saturated heterocycles. The lowest BCUT2D eigenvalue weighted by Gasteiger charge is -1.87. The fourth-order valence-corrected chi connectivity index (χ4v) is 1.30. The van der Waals surface area contributed by atoms with E-state index in [9.17, 15) is 4.79 Å². The van der Waals surface area contributed by atoms with Gasteiger partial charge in [-0.3, -0.25) is 4.79 Å². The molecule has 0 atom stereocenters. The summed E-state index contributed by atoms with van der Waals surface area (Å²) in [5.74, 6) is -0.463. The number of carbonyl (C=O) groups excluding carboxylic acids is 1. The Balaban J connectivity index is 2.48. The van der Waals surface area contributed by atoms with E-state index in [4.69, 9.17) is 10.2 Å². The second-order valence-electron chi connectivity index (χ2n) is 2.92. The van der Waals surface area contributed by atoms with Crippen molar-refractivity contribution in [2.45, 2.75) is 0 Å². The first-order valence-electron chi connectivity index (χ1n) is 4.21. The van der Waals surface area contributed by atoms with Gasteiger partial charge < -0.3 is 10.2 Å². The number of nitrogens with two attached hydrogens (primary N) is 1. The fourth-order valence-electron chi connectivity index (χ4n) is 1.30. The number of para-hydroxylation sites is 1. The molecule has 1 aromatic carbocycles. The van der Waals surface area contributed by atoms with Crippen molar-refractivity contribution in [3.05, 3.63) is 42.2 Å². The summed E-state index contributed by atoms with van der Waals surface area (Å²) in [5.41, 5.74) is 6.66. The van der Waals surface area contributed by atoms with Gasteiger partial charge in [-0.15, -0.1) is 0 Å². The Kier molecular flexibility index (Phi) is 2.07. The Labute approximate surface area is 80.8 Å². The standard InChI is InChI=1S/C11H9NO2/c12-11(13)6-5-8-7-14-10-4-2-1-3-9(8)10/h1-7H,(H2,12,13). The summed E-state index contributed by atoms with van der Waals surface area (Å²) in [7, 11) is 0. The largest absolute Gasteiger partial charge is 0.464 e. The van der Waals surface area contributed by atoms with Crippen molar-refractivity contribution in [3.8, 4) is 0 Å². The average molecular weight is 187 g/mol. The van der Waals surface area contributed by atoms with Crippen LogP contribution in [-0.2, 0) is 4.79 Å². The highest BCUT2D eigenvalue weighted by Gasteiger charge is 2.00. The average Bonchev–Trinajstić information content (AvgIpc) is 2.58. The Morgan fingerprint density at radius 3 is 2.93 bits per heavy atom. The minimum Gasteiger partial charge on any atom is -0.464 e. The molecule has 70 valence electrons. The van der Waals surface area contributed by atoms with E-state index in [-0.39, 0.29) is 0 Å². The van der Waals surface area contributed by atoms with Crippen LogP contribution in [0.25, 0.3) is 17.0 Å². The number of fused-ring (bicyclic) bond motifs is 1. The summed E-state index contributed by atoms with van der Waals surface area (Å²) in [6, 6.07) is 7.61. The van der Waals surface area contributed by atoms with Crippen LogP contribution in [0.15, 0.2) is 41.0 Å². The number of primary amides is 1. The van der Waals surface area contributed by atoms with Gasteiger partial charge in [-0.2, -0.15) is 0 Å². The van der Waals surface area contributed by atoms with Crippen LogP contribution in [0.2, 0.25) is 0 Å². The van der Waals surface area contributed by atoms with Crippen LogP contribution in [-0.4, -0.2) is 5.91 Å². The lowest BCUT2D eigenvalue weighted by molar-refractivity contribution is -0.113. The monoisotopic (exact) mass is 187 g/mol. The number of furan rings is 1. The summed E-state index contributed by atoms with van der Waals surface area (Å²) in [4.78, 5) is 10.5. The first kappa shape index (κ1) is 8.56. The molecule has 0 bridgehead atoms. The highest BCUT2D eigenvalue weighted by Crippen LogP contribution is 2.21. The van der Waals surface area contributed by atoms with E-state index in [2.05, 4.69) is 0 Å². The quantitative estimate of drug-likeness (QED) is 0.730. The molecule has 1 aromatic heterocycles. The first-order valence-corrected chi connectivity index (χ1v) is 4.21. The van der Waals surface area contributed by atoms with E-state index in [1.807, 2.05) is 24.3 Å². The van der Waals surface area contributed by atoms with Gasteiger partial charge >= 0.3 is 0 Å². The predicted octanol–water partition coefficient (Wildman–Crippen LogP) is 1.93. The van der Waals surface area contributed by atoms with E-state index < -0.39 is 5.91 Å². The summed E-state index contributed by atoms with van der Waals surface area (Å²) >= 11 is 0. The van der Waals surface area contributed by atoms with Crippen molar-refractivity contribution in [3.63, 3.8) is 0 Å². The number of benzene rings is 1. The molecule has 14 heavy (non-hydrogen) atoms. The molecule has 2 N–H and O–H groups in total. The molecule has 3 heteroatoms. The van der Waals surface area contributed by atoms with Gasteiger partial charge in [0.15, 0.2) is 0 Å². The highest BCUT2D eigenvalue weighted by atomic mass is 16.3. The molecule has 0 aliphatic heterocycles. The SMILES string of the molecule is NC(=O)C=Cc1coc2ccccc12. The Morgan fingerprint density at radius 1 is 1.36 bits per heavy atom. The molecule has 0 aliphatic rings. The smallest absolute Gasteiger partial charge is 0.241 e. The normalized spacial score (nSPS) is 11.1. The minimum absolute atomic E-state index is 0.463. The fraction of sp³-hybridized carbons (Fsp3) is 0. The van der Waals surface area contributed by atoms with Crippen LogP contribution >= 0.6 is 0 Å². The van der Waals surface area contributed by atoms with Crippen molar-refractivity contribution in [1.82, 2.24) is 0 Å². The number of rotatable bonds is 2. The molecular weight excluding hydrogens is 178 g/mol. The molecule has 2 aromatic rings. The van der Waals surface area contributed by atoms with E-state index in [1.54, 1.807) is 12.3 Å². The third kappa shape index (κ3) is 1.52. The maximum Gasteiger partial charge on any atom is 0.241 e. The van der Waals surface area contributed by atoms with Gasteiger partial charge in [0.2, 0.25) is 5.91 Å². The maximum absolute atomic E-state index is 10.5. The third-order valence-electron chi connectivity index (χ3n) is 1.94. The summed E-state index contributed by atoms with van der Waals surface area (Å²) in [5, 5.41) is 0.977. The van der Waals surface area contributed by atoms with Gasteiger partial charge in [0.25, 0.3) is 0 Å². The molecule has 1 amide bonds. The second kappa shape index (κ2) is 3.38. The van der Waals surface area contributed by atoms with Gasteiger partial charge in [0, 0.05) is 17.0 Å². The molecule has 0 aliphatic carbocycles. The van der Waals surface area contributed by atoms with Crippen LogP contribution in [0.1, 0.15) is 5.56 Å². The highest BCUT2D eigenvalue weighted by molar-refractivity contribution is 5.94. The second-order valence-corrected chi connectivity index (χ2v) is 2.92. The zero-order chi connectivity index (χ0) is 9.97. The van der Waals surface area contributed by atoms with Crippen molar-refractivity contribution in [1.29, 1.82) is 0 Å².